The molecule has 0 radical (unpaired) electrons. The summed E-state index contributed by atoms with van der Waals surface area (Å²) < 4.78 is 38.8. The molecule has 0 unspecified atom stereocenters. The van der Waals surface area contributed by atoms with Crippen molar-refractivity contribution in [2.75, 3.05) is 18.4 Å². The van der Waals surface area contributed by atoms with Crippen molar-refractivity contribution in [1.29, 1.82) is 0 Å². The molecule has 38 heavy (non-hydrogen) atoms. The first kappa shape index (κ1) is 26.5. The minimum absolute atomic E-state index is 0.0975. The molecule has 2 heterocycles. The van der Waals surface area contributed by atoms with E-state index in [0.29, 0.717) is 37.2 Å². The van der Waals surface area contributed by atoms with Crippen LogP contribution in [0.3, 0.4) is 0 Å². The van der Waals surface area contributed by atoms with Crippen LogP contribution in [0.25, 0.3) is 6.08 Å². The molecule has 196 valence electrons. The van der Waals surface area contributed by atoms with Crippen molar-refractivity contribution < 1.29 is 27.7 Å². The first-order valence-corrected chi connectivity index (χ1v) is 11.8. The summed E-state index contributed by atoms with van der Waals surface area (Å²) in [4.78, 5) is 40.5. The number of benzene rings is 2. The molecule has 0 atom stereocenters. The molecule has 11 heteroatoms. The van der Waals surface area contributed by atoms with Crippen LogP contribution in [-0.2, 0) is 11.0 Å². The Labute approximate surface area is 216 Å². The maximum absolute atomic E-state index is 12.9. The predicted molar refractivity (Wildman–Crippen MR) is 134 cm³/mol. The Morgan fingerprint density at radius 2 is 1.68 bits per heavy atom. The summed E-state index contributed by atoms with van der Waals surface area (Å²) in [5.74, 6) is -0.816. The van der Waals surface area contributed by atoms with Crippen molar-refractivity contribution in [3.8, 4) is 0 Å². The molecule has 1 N–H and O–H groups in total. The molecule has 4 rings (SSSR count). The normalized spacial score (nSPS) is 14.4. The number of halogens is 3. The van der Waals surface area contributed by atoms with E-state index < -0.39 is 28.6 Å². The number of likely N-dealkylation sites (tertiary alicyclic amines) is 1. The Morgan fingerprint density at radius 3 is 2.34 bits per heavy atom. The van der Waals surface area contributed by atoms with Crippen LogP contribution < -0.4 is 5.32 Å². The van der Waals surface area contributed by atoms with Gasteiger partial charge in [0.25, 0.3) is 11.6 Å². The van der Waals surface area contributed by atoms with Gasteiger partial charge < -0.3 is 10.2 Å². The van der Waals surface area contributed by atoms with Gasteiger partial charge in [0, 0.05) is 30.9 Å². The second kappa shape index (κ2) is 11.2. The number of para-hydroxylation sites is 1. The highest BCUT2D eigenvalue weighted by molar-refractivity contribution is 6.02. The number of nitro benzene ring substituents is 1. The zero-order chi connectivity index (χ0) is 27.3. The smallest absolute Gasteiger partial charge is 0.337 e. The molecule has 2 aromatic carbocycles. The van der Waals surface area contributed by atoms with Crippen LogP contribution >= 0.6 is 0 Å². The number of hydrogen-bond donors (Lipinski definition) is 1. The lowest BCUT2D eigenvalue weighted by molar-refractivity contribution is -0.385. The van der Waals surface area contributed by atoms with Crippen molar-refractivity contribution in [3.05, 3.63) is 105 Å². The highest BCUT2D eigenvalue weighted by Crippen LogP contribution is 2.31. The number of anilines is 1. The van der Waals surface area contributed by atoms with Crippen molar-refractivity contribution >= 4 is 29.3 Å². The molecule has 8 nitrogen and oxygen atoms in total. The Kier molecular flexibility index (Phi) is 7.85. The number of piperidine rings is 1. The minimum Gasteiger partial charge on any atom is -0.337 e. The third-order valence-corrected chi connectivity index (χ3v) is 6.24. The number of nitro groups is 1. The SMILES string of the molecule is O=C(/C=C/c1ccccc1[N+](=O)[O-])Nc1ccc(C2CCN(C(=O)c3cccc(C(F)(F)F)n3)CC2)cc1. The molecular weight excluding hydrogens is 501 g/mol. The van der Waals surface area contributed by atoms with E-state index in [4.69, 9.17) is 0 Å². The fraction of sp³-hybridized carbons (Fsp3) is 0.222. The standard InChI is InChI=1S/C27H23F3N4O4/c28-27(29,30)24-7-3-5-22(32-24)26(36)33-16-14-19(15-17-33)18-8-11-21(12-9-18)31-25(35)13-10-20-4-1-2-6-23(20)34(37)38/h1-13,19H,14-17H2,(H,31,35)/b13-10+. The topological polar surface area (TPSA) is 105 Å². The van der Waals surface area contributed by atoms with Gasteiger partial charge in [0.15, 0.2) is 0 Å². The zero-order valence-electron chi connectivity index (χ0n) is 20.0. The Balaban J connectivity index is 1.32. The molecule has 0 saturated carbocycles. The lowest BCUT2D eigenvalue weighted by Gasteiger charge is -2.32. The van der Waals surface area contributed by atoms with E-state index in [0.717, 1.165) is 11.6 Å². The summed E-state index contributed by atoms with van der Waals surface area (Å²) in [5, 5.41) is 13.8. The van der Waals surface area contributed by atoms with E-state index in [2.05, 4.69) is 10.3 Å². The van der Waals surface area contributed by atoms with Crippen LogP contribution in [0.2, 0.25) is 0 Å². The van der Waals surface area contributed by atoms with Gasteiger partial charge in [0.1, 0.15) is 11.4 Å². The molecule has 0 aliphatic carbocycles. The largest absolute Gasteiger partial charge is 0.433 e. The highest BCUT2D eigenvalue weighted by Gasteiger charge is 2.33. The van der Waals surface area contributed by atoms with Crippen LogP contribution in [0, 0.1) is 10.1 Å². The second-order valence-corrected chi connectivity index (χ2v) is 8.73. The van der Waals surface area contributed by atoms with Crippen LogP contribution in [0.4, 0.5) is 24.5 Å². The van der Waals surface area contributed by atoms with E-state index in [1.54, 1.807) is 30.3 Å². The Morgan fingerprint density at radius 1 is 1.00 bits per heavy atom. The summed E-state index contributed by atoms with van der Waals surface area (Å²) in [6.07, 6.45) is -0.744. The number of amides is 2. The van der Waals surface area contributed by atoms with E-state index in [1.165, 1.54) is 35.3 Å². The lowest BCUT2D eigenvalue weighted by Crippen LogP contribution is -2.38. The molecule has 0 bridgehead atoms. The molecule has 1 fully saturated rings. The zero-order valence-corrected chi connectivity index (χ0v) is 20.0. The van der Waals surface area contributed by atoms with Crippen molar-refractivity contribution in [1.82, 2.24) is 9.88 Å². The van der Waals surface area contributed by atoms with Gasteiger partial charge in [-0.15, -0.1) is 0 Å². The number of aromatic nitrogens is 1. The van der Waals surface area contributed by atoms with Crippen molar-refractivity contribution in [3.63, 3.8) is 0 Å². The minimum atomic E-state index is -4.62. The summed E-state index contributed by atoms with van der Waals surface area (Å²) >= 11 is 0. The predicted octanol–water partition coefficient (Wildman–Crippen LogP) is 5.68. The molecule has 1 aliphatic heterocycles. The van der Waals surface area contributed by atoms with Gasteiger partial charge in [-0.05, 0) is 60.7 Å². The number of carbonyl (C=O) groups is 2. The third-order valence-electron chi connectivity index (χ3n) is 6.24. The number of alkyl halides is 3. The van der Waals surface area contributed by atoms with Gasteiger partial charge in [0.2, 0.25) is 5.91 Å². The quantitative estimate of drug-likeness (QED) is 0.254. The average molecular weight is 524 g/mol. The third kappa shape index (κ3) is 6.41. The maximum atomic E-state index is 12.9. The molecule has 3 aromatic rings. The van der Waals surface area contributed by atoms with Gasteiger partial charge in [-0.2, -0.15) is 13.2 Å². The first-order chi connectivity index (χ1) is 18.1. The van der Waals surface area contributed by atoms with Gasteiger partial charge in [-0.25, -0.2) is 4.98 Å². The van der Waals surface area contributed by atoms with Crippen LogP contribution in [0.15, 0.2) is 72.8 Å². The Bertz CT molecular complexity index is 1370. The molecule has 1 saturated heterocycles. The number of rotatable bonds is 6. The van der Waals surface area contributed by atoms with Crippen molar-refractivity contribution in [2.24, 2.45) is 0 Å². The molecular formula is C27H23F3N4O4. The van der Waals surface area contributed by atoms with Gasteiger partial charge in [-0.3, -0.25) is 19.7 Å². The second-order valence-electron chi connectivity index (χ2n) is 8.73. The molecule has 1 aliphatic rings. The Hall–Kier alpha value is -4.54. The highest BCUT2D eigenvalue weighted by atomic mass is 19.4. The monoisotopic (exact) mass is 524 g/mol. The van der Waals surface area contributed by atoms with Gasteiger partial charge in [0.05, 0.1) is 10.5 Å². The first-order valence-electron chi connectivity index (χ1n) is 11.8. The molecule has 0 spiro atoms. The van der Waals surface area contributed by atoms with Crippen LogP contribution in [-0.4, -0.2) is 39.7 Å². The van der Waals surface area contributed by atoms with E-state index in [9.17, 15) is 32.9 Å². The van der Waals surface area contributed by atoms with E-state index >= 15 is 0 Å². The van der Waals surface area contributed by atoms with E-state index in [-0.39, 0.29) is 17.3 Å². The number of carbonyl (C=O) groups excluding carboxylic acids is 2. The maximum Gasteiger partial charge on any atom is 0.433 e. The molecule has 2 amide bonds. The lowest BCUT2D eigenvalue weighted by atomic mass is 9.89. The fourth-order valence-corrected chi connectivity index (χ4v) is 4.27. The number of pyridine rings is 1. The van der Waals surface area contributed by atoms with Crippen molar-refractivity contribution in [2.45, 2.75) is 24.9 Å². The number of nitrogens with one attached hydrogen (secondary N) is 1. The molecule has 1 aromatic heterocycles. The summed E-state index contributed by atoms with van der Waals surface area (Å²) in [6, 6.07) is 16.6. The average Bonchev–Trinajstić information content (AvgIpc) is 2.92. The van der Waals surface area contributed by atoms with Gasteiger partial charge >= 0.3 is 6.18 Å². The number of nitrogens with zero attached hydrogens (tertiary/aromatic N) is 3. The van der Waals surface area contributed by atoms with Crippen LogP contribution in [0.1, 0.15) is 46.1 Å². The van der Waals surface area contributed by atoms with Gasteiger partial charge in [-0.1, -0.05) is 30.3 Å². The van der Waals surface area contributed by atoms with E-state index in [1.807, 2.05) is 12.1 Å². The summed E-state index contributed by atoms with van der Waals surface area (Å²) in [7, 11) is 0. The summed E-state index contributed by atoms with van der Waals surface area (Å²) in [6.45, 7) is 0.770. The fourth-order valence-electron chi connectivity index (χ4n) is 4.27. The number of hydrogen-bond acceptors (Lipinski definition) is 5. The summed E-state index contributed by atoms with van der Waals surface area (Å²) in [5.41, 5.74) is 0.463. The van der Waals surface area contributed by atoms with Crippen LogP contribution in [0.5, 0.6) is 0 Å².